The topological polar surface area (TPSA) is 78.9 Å². The molecule has 0 bridgehead atoms. The molecule has 4 rings (SSSR count). The second-order valence-corrected chi connectivity index (χ2v) is 13.2. The van der Waals surface area contributed by atoms with Crippen LogP contribution in [0, 0.1) is 12.8 Å². The number of benzene rings is 2. The van der Waals surface area contributed by atoms with Crippen molar-refractivity contribution in [3.63, 3.8) is 0 Å². The van der Waals surface area contributed by atoms with E-state index in [0.29, 0.717) is 29.8 Å². The third-order valence-corrected chi connectivity index (χ3v) is 9.77. The van der Waals surface area contributed by atoms with E-state index in [0.717, 1.165) is 55.2 Å². The first-order chi connectivity index (χ1) is 20.4. The Hall–Kier alpha value is -2.35. The number of aryl methyl sites for hydroxylation is 1. The van der Waals surface area contributed by atoms with Crippen molar-refractivity contribution in [2.24, 2.45) is 5.92 Å². The average molecular weight is 595 g/mol. The van der Waals surface area contributed by atoms with Crippen molar-refractivity contribution in [1.29, 1.82) is 0 Å². The summed E-state index contributed by atoms with van der Waals surface area (Å²) < 4.78 is 6.35. The number of hydrogen-bond donors (Lipinski definition) is 2. The zero-order chi connectivity index (χ0) is 29.9. The quantitative estimate of drug-likeness (QED) is 0.225. The van der Waals surface area contributed by atoms with Gasteiger partial charge in [-0.15, -0.1) is 0 Å². The Morgan fingerprint density at radius 2 is 1.79 bits per heavy atom. The van der Waals surface area contributed by atoms with Gasteiger partial charge in [0.25, 0.3) is 5.91 Å². The van der Waals surface area contributed by atoms with E-state index in [2.05, 4.69) is 42.3 Å². The molecule has 1 heterocycles. The highest BCUT2D eigenvalue weighted by Gasteiger charge is 2.33. The van der Waals surface area contributed by atoms with Gasteiger partial charge in [-0.1, -0.05) is 62.9 Å². The van der Waals surface area contributed by atoms with Crippen molar-refractivity contribution in [2.45, 2.75) is 103 Å². The summed E-state index contributed by atoms with van der Waals surface area (Å²) in [4.78, 5) is 28.0. The Bertz CT molecular complexity index is 1170. The summed E-state index contributed by atoms with van der Waals surface area (Å²) in [6, 6.07) is 14.2. The molecule has 3 atom stereocenters. The number of nitrogens with zero attached hydrogens (tertiary/aromatic N) is 1. The van der Waals surface area contributed by atoms with Gasteiger partial charge in [0.1, 0.15) is 6.04 Å². The average Bonchev–Trinajstić information content (AvgIpc) is 3.36. The molecule has 42 heavy (non-hydrogen) atoms. The fourth-order valence-corrected chi connectivity index (χ4v) is 7.22. The number of amides is 1. The number of thioether (sulfide) groups is 1. The molecule has 1 aliphatic carbocycles. The van der Waals surface area contributed by atoms with Crippen LogP contribution in [0.3, 0.4) is 0 Å². The molecule has 1 aliphatic heterocycles. The molecule has 1 saturated heterocycles. The van der Waals surface area contributed by atoms with Gasteiger partial charge in [0.15, 0.2) is 0 Å². The number of carbonyl (C=O) groups is 2. The second-order valence-electron chi connectivity index (χ2n) is 12.2. The third-order valence-electron chi connectivity index (χ3n) is 9.12. The molecule has 2 aromatic carbocycles. The van der Waals surface area contributed by atoms with Crippen molar-refractivity contribution >= 4 is 23.6 Å². The van der Waals surface area contributed by atoms with Gasteiger partial charge < -0.3 is 15.2 Å². The van der Waals surface area contributed by atoms with Gasteiger partial charge >= 0.3 is 5.97 Å². The molecule has 7 heteroatoms. The van der Waals surface area contributed by atoms with Crippen LogP contribution in [-0.2, 0) is 16.1 Å². The van der Waals surface area contributed by atoms with E-state index >= 15 is 0 Å². The molecule has 2 aliphatic rings. The maximum Gasteiger partial charge on any atom is 0.326 e. The van der Waals surface area contributed by atoms with Crippen LogP contribution in [0.4, 0.5) is 0 Å². The Morgan fingerprint density at radius 3 is 2.50 bits per heavy atom. The number of aliphatic carboxylic acids is 1. The lowest BCUT2D eigenvalue weighted by molar-refractivity contribution is -0.139. The van der Waals surface area contributed by atoms with Crippen molar-refractivity contribution in [3.8, 4) is 11.1 Å². The first kappa shape index (κ1) is 32.6. The summed E-state index contributed by atoms with van der Waals surface area (Å²) in [5.74, 6) is 0.0459. The van der Waals surface area contributed by atoms with Crippen LogP contribution in [0.5, 0.6) is 0 Å². The molecule has 2 N–H and O–H groups in total. The van der Waals surface area contributed by atoms with Crippen LogP contribution in [0.2, 0.25) is 0 Å². The van der Waals surface area contributed by atoms with Gasteiger partial charge in [0, 0.05) is 30.8 Å². The van der Waals surface area contributed by atoms with Crippen LogP contribution in [-0.4, -0.2) is 65.2 Å². The first-order valence-electron chi connectivity index (χ1n) is 16.0. The number of likely N-dealkylation sites (tertiary alicyclic amines) is 1. The standard InChI is InChI=1S/C35H50N2O4S/c1-4-10-28-16-17-29(24-41-23-26-12-6-5-7-13-26)37(28)22-27-15-18-31(32(21-27)30-14-9-8-11-25(30)2)34(38)36-33(35(39)40)19-20-42-3/h8-9,11,14-15,18,21,26,28-29,33H,4-7,10,12-13,16-17,19-20,22-24H2,1-3H3,(H,36,38)(H,39,40). The first-order valence-corrected chi connectivity index (χ1v) is 17.4. The van der Waals surface area contributed by atoms with E-state index < -0.39 is 12.0 Å². The smallest absolute Gasteiger partial charge is 0.326 e. The molecule has 2 aromatic rings. The highest BCUT2D eigenvalue weighted by Crippen LogP contribution is 2.33. The molecule has 230 valence electrons. The van der Waals surface area contributed by atoms with Crippen LogP contribution in [0.15, 0.2) is 42.5 Å². The van der Waals surface area contributed by atoms with Gasteiger partial charge in [-0.2, -0.15) is 11.8 Å². The van der Waals surface area contributed by atoms with E-state index in [1.807, 2.05) is 30.5 Å². The van der Waals surface area contributed by atoms with Gasteiger partial charge in [-0.05, 0) is 97.8 Å². The van der Waals surface area contributed by atoms with Gasteiger partial charge in [-0.25, -0.2) is 4.79 Å². The zero-order valence-electron chi connectivity index (χ0n) is 25.8. The van der Waals surface area contributed by atoms with E-state index in [1.54, 1.807) is 11.8 Å². The molecule has 1 amide bonds. The minimum atomic E-state index is -1.00. The molecular formula is C35H50N2O4S. The van der Waals surface area contributed by atoms with Crippen LogP contribution in [0.25, 0.3) is 11.1 Å². The largest absolute Gasteiger partial charge is 0.480 e. The summed E-state index contributed by atoms with van der Waals surface area (Å²) in [7, 11) is 0. The number of rotatable bonds is 15. The minimum Gasteiger partial charge on any atom is -0.480 e. The predicted molar refractivity (Wildman–Crippen MR) is 173 cm³/mol. The summed E-state index contributed by atoms with van der Waals surface area (Å²) in [5.41, 5.74) is 4.62. The van der Waals surface area contributed by atoms with Crippen molar-refractivity contribution in [1.82, 2.24) is 10.2 Å². The van der Waals surface area contributed by atoms with Crippen molar-refractivity contribution in [2.75, 3.05) is 25.2 Å². The second kappa shape index (κ2) is 16.5. The molecule has 1 saturated carbocycles. The fraction of sp³-hybridized carbons (Fsp3) is 0.600. The maximum absolute atomic E-state index is 13.5. The number of ether oxygens (including phenoxy) is 1. The van der Waals surface area contributed by atoms with E-state index in [9.17, 15) is 14.7 Å². The zero-order valence-corrected chi connectivity index (χ0v) is 26.6. The molecule has 6 nitrogen and oxygen atoms in total. The molecule has 2 fully saturated rings. The Balaban J connectivity index is 1.56. The molecule has 0 radical (unpaired) electrons. The van der Waals surface area contributed by atoms with E-state index in [4.69, 9.17) is 4.74 Å². The number of carboxylic acid groups (broad SMARTS) is 1. The maximum atomic E-state index is 13.5. The SMILES string of the molecule is CCCC1CCC(COCC2CCCCC2)N1Cc1ccc(C(=O)NC(CCSC)C(=O)O)c(-c2ccccc2C)c1. The predicted octanol–water partition coefficient (Wildman–Crippen LogP) is 7.33. The fourth-order valence-electron chi connectivity index (χ4n) is 6.75. The molecule has 0 spiro atoms. The molecule has 0 aromatic heterocycles. The van der Waals surface area contributed by atoms with Crippen molar-refractivity contribution < 1.29 is 19.4 Å². The van der Waals surface area contributed by atoms with Gasteiger partial charge in [-0.3, -0.25) is 9.69 Å². The lowest BCUT2D eigenvalue weighted by Gasteiger charge is -2.31. The van der Waals surface area contributed by atoms with Crippen LogP contribution in [0.1, 0.15) is 92.6 Å². The Labute approximate surface area is 257 Å². The van der Waals surface area contributed by atoms with E-state index in [1.165, 1.54) is 50.5 Å². The highest BCUT2D eigenvalue weighted by molar-refractivity contribution is 7.98. The molecular weight excluding hydrogens is 544 g/mol. The number of carbonyl (C=O) groups excluding carboxylic acids is 1. The van der Waals surface area contributed by atoms with Crippen LogP contribution < -0.4 is 5.32 Å². The molecule has 3 unspecified atom stereocenters. The Kier molecular flexibility index (Phi) is 12.8. The number of carboxylic acids is 1. The lowest BCUT2D eigenvalue weighted by atomic mass is 9.90. The Morgan fingerprint density at radius 1 is 1.02 bits per heavy atom. The van der Waals surface area contributed by atoms with E-state index in [-0.39, 0.29) is 5.91 Å². The summed E-state index contributed by atoms with van der Waals surface area (Å²) in [6.45, 7) is 6.80. The monoisotopic (exact) mass is 594 g/mol. The van der Waals surface area contributed by atoms with Crippen molar-refractivity contribution in [3.05, 3.63) is 59.2 Å². The van der Waals surface area contributed by atoms with Crippen LogP contribution >= 0.6 is 11.8 Å². The minimum absolute atomic E-state index is 0.340. The summed E-state index contributed by atoms with van der Waals surface area (Å²) in [5, 5.41) is 12.5. The van der Waals surface area contributed by atoms with Gasteiger partial charge in [0.2, 0.25) is 0 Å². The highest BCUT2D eigenvalue weighted by atomic mass is 32.2. The van der Waals surface area contributed by atoms with Gasteiger partial charge in [0.05, 0.1) is 6.61 Å². The third kappa shape index (κ3) is 8.84. The summed E-state index contributed by atoms with van der Waals surface area (Å²) in [6.07, 6.45) is 13.7. The normalized spacial score (nSPS) is 20.5. The number of hydrogen-bond acceptors (Lipinski definition) is 5. The number of nitrogens with one attached hydrogen (secondary N) is 1. The summed E-state index contributed by atoms with van der Waals surface area (Å²) >= 11 is 1.58. The lowest BCUT2D eigenvalue weighted by Crippen LogP contribution is -2.41.